The van der Waals surface area contributed by atoms with Crippen LogP contribution in [0, 0.1) is 0 Å². The maximum Gasteiger partial charge on any atom is 0.0821 e. The van der Waals surface area contributed by atoms with Gasteiger partial charge in [-0.05, 0) is 38.6 Å². The highest BCUT2D eigenvalue weighted by atomic mass is 16.5. The van der Waals surface area contributed by atoms with E-state index in [2.05, 4.69) is 17.3 Å². The first kappa shape index (κ1) is 14.8. The largest absolute Gasteiger partial charge is 0.377 e. The Kier molecular flexibility index (Phi) is 5.32. The average molecular weight is 273 g/mol. The Bertz CT molecular complexity index is 507. The second kappa shape index (κ2) is 7.22. The molecule has 0 radical (unpaired) electrons. The molecule has 2 rings (SSSR count). The van der Waals surface area contributed by atoms with E-state index in [0.717, 1.165) is 17.9 Å². The van der Waals surface area contributed by atoms with E-state index in [1.165, 1.54) is 0 Å². The SMILES string of the molecule is CCNC(COC(C)C)c1ccn(-c2ccccc2)n1. The quantitative estimate of drug-likeness (QED) is 0.843. The lowest BCUT2D eigenvalue weighted by molar-refractivity contribution is 0.0606. The average Bonchev–Trinajstić information content (AvgIpc) is 2.94. The van der Waals surface area contributed by atoms with Crippen LogP contribution in [-0.2, 0) is 4.74 Å². The van der Waals surface area contributed by atoms with E-state index < -0.39 is 0 Å². The smallest absolute Gasteiger partial charge is 0.0821 e. The van der Waals surface area contributed by atoms with Crippen LogP contribution in [0.5, 0.6) is 0 Å². The van der Waals surface area contributed by atoms with Gasteiger partial charge in [-0.3, -0.25) is 0 Å². The summed E-state index contributed by atoms with van der Waals surface area (Å²) in [5.41, 5.74) is 2.08. The van der Waals surface area contributed by atoms with Crippen molar-refractivity contribution < 1.29 is 4.74 Å². The van der Waals surface area contributed by atoms with Gasteiger partial charge in [0.1, 0.15) is 0 Å². The van der Waals surface area contributed by atoms with E-state index in [4.69, 9.17) is 4.74 Å². The zero-order chi connectivity index (χ0) is 14.4. The molecule has 1 heterocycles. The summed E-state index contributed by atoms with van der Waals surface area (Å²) in [6.45, 7) is 7.72. The van der Waals surface area contributed by atoms with Crippen LogP contribution >= 0.6 is 0 Å². The zero-order valence-corrected chi connectivity index (χ0v) is 12.4. The lowest BCUT2D eigenvalue weighted by Crippen LogP contribution is -2.27. The molecule has 0 aliphatic rings. The Labute approximate surface area is 120 Å². The number of hydrogen-bond acceptors (Lipinski definition) is 3. The number of aromatic nitrogens is 2. The molecule has 2 aromatic rings. The molecule has 0 saturated carbocycles. The number of rotatable bonds is 7. The predicted octanol–water partition coefficient (Wildman–Crippen LogP) is 2.95. The Morgan fingerprint density at radius 1 is 1.20 bits per heavy atom. The maximum absolute atomic E-state index is 5.71. The summed E-state index contributed by atoms with van der Waals surface area (Å²) in [5, 5.41) is 8.07. The molecule has 0 fully saturated rings. The standard InChI is InChI=1S/C16H23N3O/c1-4-17-16(12-20-13(2)3)15-10-11-19(18-15)14-8-6-5-7-9-14/h5-11,13,16-17H,4,12H2,1-3H3. The van der Waals surface area contributed by atoms with E-state index in [1.807, 2.05) is 61.1 Å². The summed E-state index contributed by atoms with van der Waals surface area (Å²) in [6.07, 6.45) is 2.22. The molecule has 0 aliphatic heterocycles. The molecule has 1 aromatic carbocycles. The summed E-state index contributed by atoms with van der Waals surface area (Å²) in [7, 11) is 0. The molecule has 1 unspecified atom stereocenters. The molecular formula is C16H23N3O. The molecule has 0 amide bonds. The fraction of sp³-hybridized carbons (Fsp3) is 0.438. The molecule has 0 spiro atoms. The first-order valence-electron chi connectivity index (χ1n) is 7.16. The minimum Gasteiger partial charge on any atom is -0.377 e. The van der Waals surface area contributed by atoms with E-state index in [9.17, 15) is 0 Å². The van der Waals surface area contributed by atoms with E-state index in [0.29, 0.717) is 6.61 Å². The highest BCUT2D eigenvalue weighted by Crippen LogP contribution is 2.14. The predicted molar refractivity (Wildman–Crippen MR) is 81.1 cm³/mol. The van der Waals surface area contributed by atoms with Gasteiger partial charge in [0.2, 0.25) is 0 Å². The molecular weight excluding hydrogens is 250 g/mol. The number of para-hydroxylation sites is 1. The molecule has 0 aliphatic carbocycles. The normalized spacial score (nSPS) is 12.8. The Hall–Kier alpha value is -1.65. The topological polar surface area (TPSA) is 39.1 Å². The van der Waals surface area contributed by atoms with Gasteiger partial charge < -0.3 is 10.1 Å². The van der Waals surface area contributed by atoms with Gasteiger partial charge in [-0.15, -0.1) is 0 Å². The van der Waals surface area contributed by atoms with E-state index >= 15 is 0 Å². The van der Waals surface area contributed by atoms with Crippen LogP contribution in [0.2, 0.25) is 0 Å². The molecule has 108 valence electrons. The van der Waals surface area contributed by atoms with Crippen molar-refractivity contribution in [2.45, 2.75) is 32.9 Å². The third-order valence-corrected chi connectivity index (χ3v) is 3.03. The van der Waals surface area contributed by atoms with Crippen molar-refractivity contribution in [2.24, 2.45) is 0 Å². The lowest BCUT2D eigenvalue weighted by Gasteiger charge is -2.17. The van der Waals surface area contributed by atoms with Gasteiger partial charge in [-0.1, -0.05) is 25.1 Å². The fourth-order valence-electron chi connectivity index (χ4n) is 2.03. The Balaban J connectivity index is 2.12. The first-order chi connectivity index (χ1) is 9.70. The zero-order valence-electron chi connectivity index (χ0n) is 12.4. The number of hydrogen-bond donors (Lipinski definition) is 1. The van der Waals surface area contributed by atoms with Crippen molar-refractivity contribution in [2.75, 3.05) is 13.2 Å². The molecule has 4 nitrogen and oxygen atoms in total. The Morgan fingerprint density at radius 2 is 1.95 bits per heavy atom. The van der Waals surface area contributed by atoms with Crippen molar-refractivity contribution in [1.29, 1.82) is 0 Å². The van der Waals surface area contributed by atoms with E-state index in [1.54, 1.807) is 0 Å². The molecule has 4 heteroatoms. The summed E-state index contributed by atoms with van der Waals surface area (Å²) < 4.78 is 7.61. The van der Waals surface area contributed by atoms with Gasteiger partial charge in [-0.25, -0.2) is 4.68 Å². The van der Waals surface area contributed by atoms with Crippen LogP contribution in [0.15, 0.2) is 42.6 Å². The third kappa shape index (κ3) is 3.92. The highest BCUT2D eigenvalue weighted by molar-refractivity contribution is 5.30. The van der Waals surface area contributed by atoms with Gasteiger partial charge >= 0.3 is 0 Å². The molecule has 1 aromatic heterocycles. The van der Waals surface area contributed by atoms with Crippen LogP contribution < -0.4 is 5.32 Å². The van der Waals surface area contributed by atoms with Crippen molar-refractivity contribution in [1.82, 2.24) is 15.1 Å². The van der Waals surface area contributed by atoms with Crippen LogP contribution in [0.25, 0.3) is 5.69 Å². The van der Waals surface area contributed by atoms with Gasteiger partial charge in [0.25, 0.3) is 0 Å². The molecule has 20 heavy (non-hydrogen) atoms. The van der Waals surface area contributed by atoms with E-state index in [-0.39, 0.29) is 12.1 Å². The Morgan fingerprint density at radius 3 is 2.60 bits per heavy atom. The third-order valence-electron chi connectivity index (χ3n) is 3.03. The summed E-state index contributed by atoms with van der Waals surface area (Å²) in [6, 6.07) is 12.3. The summed E-state index contributed by atoms with van der Waals surface area (Å²) in [5.74, 6) is 0. The van der Waals surface area contributed by atoms with Crippen molar-refractivity contribution in [3.05, 3.63) is 48.3 Å². The number of benzene rings is 1. The maximum atomic E-state index is 5.71. The highest BCUT2D eigenvalue weighted by Gasteiger charge is 2.14. The molecule has 0 saturated heterocycles. The van der Waals surface area contributed by atoms with Crippen molar-refractivity contribution in [3.8, 4) is 5.69 Å². The van der Waals surface area contributed by atoms with Crippen LogP contribution in [0.4, 0.5) is 0 Å². The summed E-state index contributed by atoms with van der Waals surface area (Å²) >= 11 is 0. The van der Waals surface area contributed by atoms with Crippen LogP contribution in [-0.4, -0.2) is 29.0 Å². The molecule has 0 bridgehead atoms. The monoisotopic (exact) mass is 273 g/mol. The second-order valence-electron chi connectivity index (χ2n) is 5.01. The second-order valence-corrected chi connectivity index (χ2v) is 5.01. The number of nitrogens with one attached hydrogen (secondary N) is 1. The molecule has 1 N–H and O–H groups in total. The summed E-state index contributed by atoms with van der Waals surface area (Å²) in [4.78, 5) is 0. The first-order valence-corrected chi connectivity index (χ1v) is 7.16. The number of nitrogens with zero attached hydrogens (tertiary/aromatic N) is 2. The van der Waals surface area contributed by atoms with Crippen molar-refractivity contribution >= 4 is 0 Å². The van der Waals surface area contributed by atoms with Crippen LogP contribution in [0.1, 0.15) is 32.5 Å². The number of ether oxygens (including phenoxy) is 1. The lowest BCUT2D eigenvalue weighted by atomic mass is 10.2. The molecule has 1 atom stereocenters. The van der Waals surface area contributed by atoms with Gasteiger partial charge in [0, 0.05) is 6.20 Å². The van der Waals surface area contributed by atoms with Gasteiger partial charge in [-0.2, -0.15) is 5.10 Å². The van der Waals surface area contributed by atoms with Gasteiger partial charge in [0.15, 0.2) is 0 Å². The van der Waals surface area contributed by atoms with Crippen molar-refractivity contribution in [3.63, 3.8) is 0 Å². The van der Waals surface area contributed by atoms with Crippen LogP contribution in [0.3, 0.4) is 0 Å². The minimum absolute atomic E-state index is 0.132. The van der Waals surface area contributed by atoms with Gasteiger partial charge in [0.05, 0.1) is 30.1 Å². The number of likely N-dealkylation sites (N-methyl/N-ethyl adjacent to an activating group) is 1. The fourth-order valence-corrected chi connectivity index (χ4v) is 2.03. The minimum atomic E-state index is 0.132.